The third kappa shape index (κ3) is 17.5. The summed E-state index contributed by atoms with van der Waals surface area (Å²) in [5.74, 6) is 1.81. The predicted molar refractivity (Wildman–Crippen MR) is 160 cm³/mol. The molecule has 0 amide bonds. The molecule has 0 fully saturated rings. The Labute approximate surface area is 241 Å². The molecule has 9 heteroatoms. The number of carbonyl (C=O) groups excluding carboxylic acids is 1. The van der Waals surface area contributed by atoms with Crippen LogP contribution >= 0.6 is 0 Å². The Morgan fingerprint density at radius 1 is 0.775 bits per heavy atom. The first-order valence-electron chi connectivity index (χ1n) is 14.6. The third-order valence-electron chi connectivity index (χ3n) is 6.38. The highest BCUT2D eigenvalue weighted by molar-refractivity contribution is 7.97. The van der Waals surface area contributed by atoms with Crippen LogP contribution in [0.5, 0.6) is 5.75 Å². The summed E-state index contributed by atoms with van der Waals surface area (Å²) in [5.41, 5.74) is 0.936. The molecule has 1 unspecified atom stereocenters. The molecule has 0 aliphatic heterocycles. The van der Waals surface area contributed by atoms with Crippen LogP contribution in [0, 0.1) is 0 Å². The molecule has 2 rings (SSSR count). The van der Waals surface area contributed by atoms with Crippen molar-refractivity contribution in [1.82, 2.24) is 0 Å². The quantitative estimate of drug-likeness (QED) is 0.0540. The Morgan fingerprint density at radius 3 is 1.80 bits per heavy atom. The molecule has 40 heavy (non-hydrogen) atoms. The summed E-state index contributed by atoms with van der Waals surface area (Å²) in [7, 11) is -4.32. The second-order valence-corrected chi connectivity index (χ2v) is 11.9. The molecule has 226 valence electrons. The van der Waals surface area contributed by atoms with Gasteiger partial charge in [0.1, 0.15) is 5.75 Å². The molecule has 0 bridgehead atoms. The van der Waals surface area contributed by atoms with Crippen LogP contribution in [0.25, 0.3) is 0 Å². The number of unbranched alkanes of at least 4 members (excludes halogenated alkanes) is 11. The van der Waals surface area contributed by atoms with Crippen molar-refractivity contribution in [1.29, 1.82) is 0 Å². The Kier molecular flexibility index (Phi) is 19.3. The van der Waals surface area contributed by atoms with E-state index in [1.54, 1.807) is 7.11 Å². The maximum absolute atomic E-state index is 11.9. The Morgan fingerprint density at radius 2 is 1.30 bits per heavy atom. The molecule has 1 atom stereocenters. The van der Waals surface area contributed by atoms with E-state index in [1.165, 1.54) is 86.8 Å². The minimum Gasteiger partial charge on any atom is -0.492 e. The first kappa shape index (κ1) is 35.9. The van der Waals surface area contributed by atoms with E-state index < -0.39 is 7.25 Å². The molecule has 2 aromatic rings. The van der Waals surface area contributed by atoms with Crippen LogP contribution < -0.4 is 4.74 Å². The molecule has 0 aliphatic rings. The molecule has 0 N–H and O–H groups in total. The van der Waals surface area contributed by atoms with Crippen LogP contribution in [0.3, 0.4) is 0 Å². The van der Waals surface area contributed by atoms with Crippen LogP contribution in [0.15, 0.2) is 58.3 Å². The molecule has 0 aliphatic carbocycles. The summed E-state index contributed by atoms with van der Waals surface area (Å²) in [4.78, 5) is 14.5. The second kappa shape index (κ2) is 21.6. The second-order valence-electron chi connectivity index (χ2n) is 9.76. The van der Waals surface area contributed by atoms with E-state index in [2.05, 4.69) is 49.4 Å². The fraction of sp³-hybridized carbons (Fsp3) is 0.581. The molecule has 0 radical (unpaired) electrons. The number of carbonyl (C=O) groups is 1. The molecule has 0 heterocycles. The summed E-state index contributed by atoms with van der Waals surface area (Å²) < 4.78 is 49.9. The SMILES string of the molecule is CCCCCCCCCCCCCC[S+](c1ccccc1)c1ccc(CC(=O)OCC)cc1OC.F[B-](F)(F)F. The smallest absolute Gasteiger partial charge is 0.492 e. The average molecular weight is 587 g/mol. The lowest BCUT2D eigenvalue weighted by Gasteiger charge is -2.13. The molecule has 2 aromatic carbocycles. The maximum atomic E-state index is 11.9. The number of benzene rings is 2. The van der Waals surface area contributed by atoms with Gasteiger partial charge in [0.15, 0.2) is 10.6 Å². The highest BCUT2D eigenvalue weighted by Crippen LogP contribution is 2.33. The predicted octanol–water partition coefficient (Wildman–Crippen LogP) is 9.84. The molecule has 0 spiro atoms. The molecular formula is C31H47BF4O3S. The maximum Gasteiger partial charge on any atom is 0.673 e. The van der Waals surface area contributed by atoms with E-state index in [0.717, 1.165) is 17.1 Å². The van der Waals surface area contributed by atoms with Crippen molar-refractivity contribution in [3.63, 3.8) is 0 Å². The summed E-state index contributed by atoms with van der Waals surface area (Å²) in [6.45, 7) is 4.52. The van der Waals surface area contributed by atoms with Crippen molar-refractivity contribution in [3.8, 4) is 5.75 Å². The van der Waals surface area contributed by atoms with Gasteiger partial charge < -0.3 is 26.7 Å². The van der Waals surface area contributed by atoms with Gasteiger partial charge in [-0.15, -0.1) is 0 Å². The van der Waals surface area contributed by atoms with Crippen molar-refractivity contribution in [3.05, 3.63) is 54.1 Å². The highest BCUT2D eigenvalue weighted by atomic mass is 32.2. The normalized spacial score (nSPS) is 11.9. The zero-order valence-corrected chi connectivity index (χ0v) is 25.3. The lowest BCUT2D eigenvalue weighted by atomic mass is 10.1. The molecule has 0 saturated heterocycles. The monoisotopic (exact) mass is 586 g/mol. The van der Waals surface area contributed by atoms with E-state index in [4.69, 9.17) is 9.47 Å². The lowest BCUT2D eigenvalue weighted by molar-refractivity contribution is -0.142. The minimum atomic E-state index is -6.00. The van der Waals surface area contributed by atoms with Crippen LogP contribution in [0.2, 0.25) is 0 Å². The zero-order chi connectivity index (χ0) is 29.6. The largest absolute Gasteiger partial charge is 0.673 e. The van der Waals surface area contributed by atoms with Gasteiger partial charge >= 0.3 is 13.2 Å². The molecule has 0 aromatic heterocycles. The number of esters is 1. The van der Waals surface area contributed by atoms with Crippen LogP contribution in [0.4, 0.5) is 17.3 Å². The van der Waals surface area contributed by atoms with Gasteiger partial charge in [-0.25, -0.2) is 0 Å². The van der Waals surface area contributed by atoms with Gasteiger partial charge in [0.2, 0.25) is 4.90 Å². The van der Waals surface area contributed by atoms with Gasteiger partial charge in [0, 0.05) is 0 Å². The average Bonchev–Trinajstić information content (AvgIpc) is 2.91. The zero-order valence-electron chi connectivity index (χ0n) is 24.4. The van der Waals surface area contributed by atoms with Gasteiger partial charge in [-0.2, -0.15) is 0 Å². The summed E-state index contributed by atoms with van der Waals surface area (Å²) in [6, 6.07) is 17.0. The van der Waals surface area contributed by atoms with Gasteiger partial charge in [0.25, 0.3) is 0 Å². The summed E-state index contributed by atoms with van der Waals surface area (Å²) >= 11 is 0. The van der Waals surface area contributed by atoms with E-state index in [9.17, 15) is 22.1 Å². The van der Waals surface area contributed by atoms with Crippen molar-refractivity contribution >= 4 is 24.1 Å². The van der Waals surface area contributed by atoms with Crippen molar-refractivity contribution < 1.29 is 31.5 Å². The van der Waals surface area contributed by atoms with Crippen LogP contribution in [-0.2, 0) is 26.8 Å². The standard InChI is InChI=1S/C31H47O3S.BF4/c1-4-6-7-8-9-10-11-12-13-14-15-19-24-35(28-20-17-16-18-21-28)30-23-22-27(25-29(30)33-3)26-31(32)34-5-2;2-1(3,4)5/h16-18,20-23,25H,4-15,19,24,26H2,1-3H3;/q+1;-1. The fourth-order valence-electron chi connectivity index (χ4n) is 4.43. The first-order chi connectivity index (χ1) is 19.2. The van der Waals surface area contributed by atoms with Crippen molar-refractivity contribution in [2.24, 2.45) is 0 Å². The van der Waals surface area contributed by atoms with Crippen molar-refractivity contribution in [2.75, 3.05) is 19.5 Å². The minimum absolute atomic E-state index is 0.0428. The topological polar surface area (TPSA) is 35.5 Å². The molecule has 0 saturated carbocycles. The summed E-state index contributed by atoms with van der Waals surface area (Å²) in [5, 5.41) is 0. The number of hydrogen-bond acceptors (Lipinski definition) is 3. The highest BCUT2D eigenvalue weighted by Gasteiger charge is 2.29. The number of methoxy groups -OCH3 is 1. The number of halogens is 4. The van der Waals surface area contributed by atoms with Crippen LogP contribution in [0.1, 0.15) is 96.5 Å². The van der Waals surface area contributed by atoms with E-state index >= 15 is 0 Å². The number of ether oxygens (including phenoxy) is 2. The Hall–Kier alpha value is -2.16. The molecule has 3 nitrogen and oxygen atoms in total. The van der Waals surface area contributed by atoms with Gasteiger partial charge in [0.05, 0.1) is 31.0 Å². The van der Waals surface area contributed by atoms with Crippen LogP contribution in [-0.4, -0.2) is 32.7 Å². The first-order valence-corrected chi connectivity index (χ1v) is 16.0. The third-order valence-corrected chi connectivity index (χ3v) is 8.78. The van der Waals surface area contributed by atoms with Gasteiger partial charge in [-0.1, -0.05) is 95.4 Å². The van der Waals surface area contributed by atoms with Gasteiger partial charge in [-0.3, -0.25) is 4.79 Å². The van der Waals surface area contributed by atoms with E-state index in [1.807, 2.05) is 13.0 Å². The van der Waals surface area contributed by atoms with E-state index in [0.29, 0.717) is 6.61 Å². The van der Waals surface area contributed by atoms with Crippen molar-refractivity contribution in [2.45, 2.75) is 107 Å². The fourth-order valence-corrected chi connectivity index (χ4v) is 6.74. The number of hydrogen-bond donors (Lipinski definition) is 0. The molecular weight excluding hydrogens is 539 g/mol. The summed E-state index contributed by atoms with van der Waals surface area (Å²) in [6.07, 6.45) is 16.7. The van der Waals surface area contributed by atoms with E-state index in [-0.39, 0.29) is 23.3 Å². The Balaban J connectivity index is 0.00000146. The number of rotatable bonds is 19. The Bertz CT molecular complexity index is 923. The lowest BCUT2D eigenvalue weighted by Crippen LogP contribution is -2.12. The van der Waals surface area contributed by atoms with Gasteiger partial charge in [-0.05, 0) is 49.6 Å².